The van der Waals surface area contributed by atoms with Gasteiger partial charge in [-0.2, -0.15) is 0 Å². The zero-order valence-electron chi connectivity index (χ0n) is 20.6. The molecular formula is C29H38O4. The molecule has 0 amide bonds. The molecule has 2 aromatic rings. The molecule has 5 atom stereocenters. The summed E-state index contributed by atoms with van der Waals surface area (Å²) in [6.45, 7) is 11.8. The van der Waals surface area contributed by atoms with Crippen LogP contribution in [0.5, 0.6) is 0 Å². The average Bonchev–Trinajstić information content (AvgIpc) is 3.14. The molecule has 1 aliphatic heterocycles. The Morgan fingerprint density at radius 2 is 1.39 bits per heavy atom. The lowest BCUT2D eigenvalue weighted by Crippen LogP contribution is -2.46. The van der Waals surface area contributed by atoms with Crippen molar-refractivity contribution < 1.29 is 18.9 Å². The lowest BCUT2D eigenvalue weighted by Gasteiger charge is -2.39. The first kappa shape index (κ1) is 24.2. The van der Waals surface area contributed by atoms with E-state index in [-0.39, 0.29) is 35.7 Å². The van der Waals surface area contributed by atoms with Gasteiger partial charge in [0.2, 0.25) is 0 Å². The first-order valence-electron chi connectivity index (χ1n) is 12.1. The molecule has 0 aromatic heterocycles. The van der Waals surface area contributed by atoms with E-state index >= 15 is 0 Å². The summed E-state index contributed by atoms with van der Waals surface area (Å²) in [5.41, 5.74) is 2.30. The van der Waals surface area contributed by atoms with Gasteiger partial charge in [0, 0.05) is 5.92 Å². The van der Waals surface area contributed by atoms with Crippen LogP contribution >= 0.6 is 0 Å². The van der Waals surface area contributed by atoms with Crippen molar-refractivity contribution in [1.82, 2.24) is 0 Å². The van der Waals surface area contributed by atoms with E-state index in [1.54, 1.807) is 0 Å². The van der Waals surface area contributed by atoms with Crippen molar-refractivity contribution in [3.05, 3.63) is 83.9 Å². The molecule has 2 aromatic carbocycles. The summed E-state index contributed by atoms with van der Waals surface area (Å²) in [5.74, 6) is -0.487. The van der Waals surface area contributed by atoms with Crippen LogP contribution < -0.4 is 0 Å². The summed E-state index contributed by atoms with van der Waals surface area (Å²) < 4.78 is 25.7. The topological polar surface area (TPSA) is 36.9 Å². The summed E-state index contributed by atoms with van der Waals surface area (Å²) in [4.78, 5) is 0. The third kappa shape index (κ3) is 6.33. The molecule has 4 nitrogen and oxygen atoms in total. The molecule has 0 N–H and O–H groups in total. The Morgan fingerprint density at radius 1 is 0.818 bits per heavy atom. The van der Waals surface area contributed by atoms with Crippen molar-refractivity contribution in [3.8, 4) is 0 Å². The monoisotopic (exact) mass is 450 g/mol. The van der Waals surface area contributed by atoms with Crippen molar-refractivity contribution in [2.75, 3.05) is 0 Å². The van der Waals surface area contributed by atoms with Crippen LogP contribution in [0.2, 0.25) is 0 Å². The highest BCUT2D eigenvalue weighted by molar-refractivity contribution is 5.16. The molecular weight excluding hydrogens is 412 g/mol. The zero-order valence-corrected chi connectivity index (χ0v) is 20.6. The van der Waals surface area contributed by atoms with Crippen molar-refractivity contribution in [2.45, 2.75) is 84.5 Å². The Hall–Kier alpha value is -1.98. The molecule has 0 unspecified atom stereocenters. The van der Waals surface area contributed by atoms with Crippen LogP contribution in [0.15, 0.2) is 72.8 Å². The fraction of sp³-hybridized carbons (Fsp3) is 0.517. The van der Waals surface area contributed by atoms with E-state index in [1.165, 1.54) is 11.1 Å². The largest absolute Gasteiger partial charge is 0.369 e. The van der Waals surface area contributed by atoms with E-state index in [2.05, 4.69) is 57.2 Å². The van der Waals surface area contributed by atoms with Crippen LogP contribution in [-0.2, 0) is 32.2 Å². The van der Waals surface area contributed by atoms with E-state index in [1.807, 2.05) is 50.2 Å². The van der Waals surface area contributed by atoms with Gasteiger partial charge in [-0.25, -0.2) is 0 Å². The van der Waals surface area contributed by atoms with E-state index in [0.29, 0.717) is 13.2 Å². The molecule has 178 valence electrons. The van der Waals surface area contributed by atoms with E-state index in [0.717, 1.165) is 6.42 Å². The van der Waals surface area contributed by atoms with Crippen LogP contribution in [0.25, 0.3) is 0 Å². The molecule has 4 rings (SSSR count). The van der Waals surface area contributed by atoms with Gasteiger partial charge >= 0.3 is 0 Å². The molecule has 1 aliphatic carbocycles. The minimum absolute atomic E-state index is 0.0136. The maximum atomic E-state index is 6.53. The lowest BCUT2D eigenvalue weighted by atomic mass is 9.76. The highest BCUT2D eigenvalue weighted by atomic mass is 16.8. The van der Waals surface area contributed by atoms with Gasteiger partial charge < -0.3 is 18.9 Å². The Kier molecular flexibility index (Phi) is 7.40. The first-order chi connectivity index (χ1) is 15.7. The predicted molar refractivity (Wildman–Crippen MR) is 131 cm³/mol. The van der Waals surface area contributed by atoms with Gasteiger partial charge in [0.25, 0.3) is 0 Å². The second-order valence-electron chi connectivity index (χ2n) is 10.8. The normalized spacial score (nSPS) is 29.3. The molecule has 1 heterocycles. The summed E-state index contributed by atoms with van der Waals surface area (Å²) in [6.07, 6.45) is 5.01. The Labute approximate surface area is 198 Å². The second-order valence-corrected chi connectivity index (χ2v) is 10.8. The highest BCUT2D eigenvalue weighted by Gasteiger charge is 2.52. The van der Waals surface area contributed by atoms with Gasteiger partial charge in [-0.15, -0.1) is 0 Å². The third-order valence-electron chi connectivity index (χ3n) is 6.44. The van der Waals surface area contributed by atoms with E-state index in [9.17, 15) is 0 Å². The van der Waals surface area contributed by atoms with Gasteiger partial charge in [0.05, 0.1) is 37.6 Å². The molecule has 33 heavy (non-hydrogen) atoms. The smallest absolute Gasteiger partial charge is 0.163 e. The van der Waals surface area contributed by atoms with Crippen LogP contribution in [0.1, 0.15) is 52.2 Å². The summed E-state index contributed by atoms with van der Waals surface area (Å²) in [7, 11) is 0. The van der Waals surface area contributed by atoms with Gasteiger partial charge in [0.1, 0.15) is 0 Å². The van der Waals surface area contributed by atoms with Gasteiger partial charge in [-0.1, -0.05) is 93.6 Å². The van der Waals surface area contributed by atoms with E-state index in [4.69, 9.17) is 18.9 Å². The lowest BCUT2D eigenvalue weighted by molar-refractivity contribution is -0.162. The van der Waals surface area contributed by atoms with Gasteiger partial charge in [-0.05, 0) is 36.8 Å². The standard InChI is InChI=1S/C29H38O4/c1-28(2,3)27-26(32-29(4,5)33-27)24-18-23(30-19-21-12-8-6-9-13-21)16-17-25(24)31-20-22-14-10-7-11-15-22/h6-17,23-27H,18-20H2,1-5H3/t23-,24+,25+,26+,27-/m1/s1. The number of hydrogen-bond donors (Lipinski definition) is 0. The highest BCUT2D eigenvalue weighted by Crippen LogP contribution is 2.44. The van der Waals surface area contributed by atoms with Crippen LogP contribution in [0, 0.1) is 11.3 Å². The van der Waals surface area contributed by atoms with Gasteiger partial charge in [0.15, 0.2) is 5.79 Å². The number of rotatable bonds is 7. The van der Waals surface area contributed by atoms with Crippen molar-refractivity contribution >= 4 is 0 Å². The van der Waals surface area contributed by atoms with Crippen molar-refractivity contribution in [2.24, 2.45) is 11.3 Å². The molecule has 1 saturated heterocycles. The maximum absolute atomic E-state index is 6.53. The molecule has 4 heteroatoms. The quantitative estimate of drug-likeness (QED) is 0.464. The molecule has 0 saturated carbocycles. The summed E-state index contributed by atoms with van der Waals surface area (Å²) in [6, 6.07) is 20.6. The third-order valence-corrected chi connectivity index (χ3v) is 6.44. The Bertz CT molecular complexity index is 900. The number of ether oxygens (including phenoxy) is 4. The van der Waals surface area contributed by atoms with E-state index < -0.39 is 5.79 Å². The first-order valence-corrected chi connectivity index (χ1v) is 12.1. The van der Waals surface area contributed by atoms with Crippen LogP contribution in [0.4, 0.5) is 0 Å². The molecule has 2 aliphatic rings. The minimum Gasteiger partial charge on any atom is -0.369 e. The molecule has 0 radical (unpaired) electrons. The Balaban J connectivity index is 1.52. The predicted octanol–water partition coefficient (Wildman–Crippen LogP) is 6.30. The maximum Gasteiger partial charge on any atom is 0.163 e. The summed E-state index contributed by atoms with van der Waals surface area (Å²) in [5, 5.41) is 0. The second kappa shape index (κ2) is 10.1. The fourth-order valence-electron chi connectivity index (χ4n) is 4.80. The SMILES string of the molecule is CC1(C)O[C@@H]([C@H]2C[C@H](OCc3ccccc3)C=C[C@@H]2OCc2ccccc2)[C@H](C(C)(C)C)O1. The fourth-order valence-corrected chi connectivity index (χ4v) is 4.80. The number of hydrogen-bond acceptors (Lipinski definition) is 4. The molecule has 1 fully saturated rings. The zero-order chi connectivity index (χ0) is 23.5. The average molecular weight is 451 g/mol. The molecule has 0 spiro atoms. The summed E-state index contributed by atoms with van der Waals surface area (Å²) >= 11 is 0. The van der Waals surface area contributed by atoms with Crippen LogP contribution in [-0.4, -0.2) is 30.2 Å². The van der Waals surface area contributed by atoms with Crippen molar-refractivity contribution in [1.29, 1.82) is 0 Å². The van der Waals surface area contributed by atoms with Crippen molar-refractivity contribution in [3.63, 3.8) is 0 Å². The Morgan fingerprint density at radius 3 is 1.97 bits per heavy atom. The minimum atomic E-state index is -0.617. The van der Waals surface area contributed by atoms with Crippen LogP contribution in [0.3, 0.4) is 0 Å². The van der Waals surface area contributed by atoms with Gasteiger partial charge in [-0.3, -0.25) is 0 Å². The molecule has 0 bridgehead atoms. The number of benzene rings is 2.